The molecule has 1 aromatic carbocycles. The van der Waals surface area contributed by atoms with Crippen LogP contribution in [-0.4, -0.2) is 27.9 Å². The van der Waals surface area contributed by atoms with Crippen LogP contribution in [-0.2, 0) is 4.79 Å². The summed E-state index contributed by atoms with van der Waals surface area (Å²) in [6.45, 7) is 0.326. The summed E-state index contributed by atoms with van der Waals surface area (Å²) >= 11 is 3.32. The Morgan fingerprint density at radius 3 is 2.50 bits per heavy atom. The first-order valence-electron chi connectivity index (χ1n) is 4.78. The SMILES string of the molecule is O=C(O)C1=C(c2ccc(Br)cc2)CCN1O. The molecule has 0 aromatic heterocycles. The molecule has 0 atom stereocenters. The second-order valence-electron chi connectivity index (χ2n) is 3.51. The van der Waals surface area contributed by atoms with Crippen molar-refractivity contribution >= 4 is 27.5 Å². The van der Waals surface area contributed by atoms with Gasteiger partial charge in [0, 0.05) is 11.0 Å². The molecule has 16 heavy (non-hydrogen) atoms. The van der Waals surface area contributed by atoms with Crippen molar-refractivity contribution in [1.29, 1.82) is 0 Å². The molecule has 2 N–H and O–H groups in total. The molecular weight excluding hydrogens is 274 g/mol. The summed E-state index contributed by atoms with van der Waals surface area (Å²) < 4.78 is 0.938. The molecule has 4 nitrogen and oxygen atoms in total. The highest BCUT2D eigenvalue weighted by Gasteiger charge is 2.27. The van der Waals surface area contributed by atoms with Crippen LogP contribution in [0.2, 0.25) is 0 Å². The predicted molar refractivity (Wildman–Crippen MR) is 61.8 cm³/mol. The van der Waals surface area contributed by atoms with E-state index in [0.29, 0.717) is 18.5 Å². The fourth-order valence-corrected chi connectivity index (χ4v) is 2.04. The molecule has 0 radical (unpaired) electrons. The molecule has 0 amide bonds. The molecule has 0 saturated carbocycles. The third-order valence-electron chi connectivity index (χ3n) is 2.51. The van der Waals surface area contributed by atoms with Gasteiger partial charge in [-0.05, 0) is 29.7 Å². The van der Waals surface area contributed by atoms with Crippen LogP contribution in [0.3, 0.4) is 0 Å². The van der Waals surface area contributed by atoms with E-state index in [0.717, 1.165) is 15.1 Å². The Labute approximate surface area is 101 Å². The van der Waals surface area contributed by atoms with Crippen LogP contribution in [0.15, 0.2) is 34.4 Å². The first-order chi connectivity index (χ1) is 7.59. The van der Waals surface area contributed by atoms with Gasteiger partial charge in [0.1, 0.15) is 0 Å². The maximum absolute atomic E-state index is 11.0. The number of hydrogen-bond donors (Lipinski definition) is 2. The van der Waals surface area contributed by atoms with Crippen LogP contribution >= 0.6 is 15.9 Å². The molecule has 0 aliphatic carbocycles. The van der Waals surface area contributed by atoms with Gasteiger partial charge in [0.2, 0.25) is 0 Å². The van der Waals surface area contributed by atoms with Gasteiger partial charge in [-0.1, -0.05) is 28.1 Å². The molecule has 1 aromatic rings. The number of hydroxylamine groups is 2. The number of nitrogens with zero attached hydrogens (tertiary/aromatic N) is 1. The van der Waals surface area contributed by atoms with E-state index in [9.17, 15) is 10.0 Å². The highest BCUT2D eigenvalue weighted by atomic mass is 79.9. The van der Waals surface area contributed by atoms with Gasteiger partial charge in [-0.15, -0.1) is 0 Å². The molecule has 5 heteroatoms. The van der Waals surface area contributed by atoms with E-state index >= 15 is 0 Å². The van der Waals surface area contributed by atoms with Crippen LogP contribution in [0.1, 0.15) is 12.0 Å². The van der Waals surface area contributed by atoms with Crippen LogP contribution in [0, 0.1) is 0 Å². The van der Waals surface area contributed by atoms with E-state index in [1.165, 1.54) is 0 Å². The minimum Gasteiger partial charge on any atom is -0.477 e. The van der Waals surface area contributed by atoms with Crippen molar-refractivity contribution in [3.63, 3.8) is 0 Å². The minimum atomic E-state index is -1.10. The van der Waals surface area contributed by atoms with Crippen molar-refractivity contribution in [3.8, 4) is 0 Å². The van der Waals surface area contributed by atoms with Crippen LogP contribution in [0.5, 0.6) is 0 Å². The van der Waals surface area contributed by atoms with Gasteiger partial charge in [-0.25, -0.2) is 9.86 Å². The standard InChI is InChI=1S/C11H10BrNO3/c12-8-3-1-7(2-4-8)9-5-6-13(16)10(9)11(14)15/h1-4,16H,5-6H2,(H,14,15). The molecule has 1 aliphatic heterocycles. The highest BCUT2D eigenvalue weighted by molar-refractivity contribution is 9.10. The number of hydrogen-bond acceptors (Lipinski definition) is 3. The lowest BCUT2D eigenvalue weighted by Gasteiger charge is -2.09. The first kappa shape index (κ1) is 11.2. The summed E-state index contributed by atoms with van der Waals surface area (Å²) in [6, 6.07) is 7.37. The van der Waals surface area contributed by atoms with E-state index < -0.39 is 5.97 Å². The zero-order valence-corrected chi connectivity index (χ0v) is 9.94. The molecule has 2 rings (SSSR count). The molecule has 1 aliphatic rings. The Hall–Kier alpha value is -1.33. The number of carboxylic acid groups (broad SMARTS) is 1. The van der Waals surface area contributed by atoms with Gasteiger partial charge in [0.25, 0.3) is 0 Å². The summed E-state index contributed by atoms with van der Waals surface area (Å²) in [6.07, 6.45) is 0.541. The van der Waals surface area contributed by atoms with E-state index in [1.807, 2.05) is 24.3 Å². The predicted octanol–water partition coefficient (Wildman–Crippen LogP) is 2.34. The highest BCUT2D eigenvalue weighted by Crippen LogP contribution is 2.30. The normalized spacial score (nSPS) is 15.8. The lowest BCUT2D eigenvalue weighted by molar-refractivity contribution is -0.140. The fourth-order valence-electron chi connectivity index (χ4n) is 1.78. The van der Waals surface area contributed by atoms with Crippen molar-refractivity contribution in [2.45, 2.75) is 6.42 Å². The molecule has 1 heterocycles. The lowest BCUT2D eigenvalue weighted by atomic mass is 10.0. The summed E-state index contributed by atoms with van der Waals surface area (Å²) in [5.41, 5.74) is 1.47. The van der Waals surface area contributed by atoms with E-state index in [1.54, 1.807) is 0 Å². The number of carbonyl (C=O) groups is 1. The van der Waals surface area contributed by atoms with E-state index in [-0.39, 0.29) is 5.70 Å². The summed E-state index contributed by atoms with van der Waals surface area (Å²) in [5.74, 6) is -1.10. The minimum absolute atomic E-state index is 0.0256. The van der Waals surface area contributed by atoms with Crippen LogP contribution in [0.25, 0.3) is 5.57 Å². The van der Waals surface area contributed by atoms with Crippen molar-refractivity contribution in [1.82, 2.24) is 5.06 Å². The molecular formula is C11H10BrNO3. The van der Waals surface area contributed by atoms with Gasteiger partial charge in [-0.3, -0.25) is 5.21 Å². The molecule has 0 saturated heterocycles. The van der Waals surface area contributed by atoms with Gasteiger partial charge in [0.05, 0.1) is 0 Å². The maximum Gasteiger partial charge on any atom is 0.354 e. The quantitative estimate of drug-likeness (QED) is 0.875. The second-order valence-corrected chi connectivity index (χ2v) is 4.43. The van der Waals surface area contributed by atoms with Gasteiger partial charge >= 0.3 is 5.97 Å². The Balaban J connectivity index is 2.46. The summed E-state index contributed by atoms with van der Waals surface area (Å²) in [5, 5.41) is 19.2. The van der Waals surface area contributed by atoms with Crippen LogP contribution < -0.4 is 0 Å². The Morgan fingerprint density at radius 1 is 1.31 bits per heavy atom. The largest absolute Gasteiger partial charge is 0.477 e. The molecule has 0 fully saturated rings. The number of aliphatic carboxylic acids is 1. The third kappa shape index (κ3) is 1.96. The number of carboxylic acids is 1. The number of halogens is 1. The average molecular weight is 284 g/mol. The van der Waals surface area contributed by atoms with E-state index in [4.69, 9.17) is 5.11 Å². The summed E-state index contributed by atoms with van der Waals surface area (Å²) in [7, 11) is 0. The van der Waals surface area contributed by atoms with Crippen molar-refractivity contribution in [2.24, 2.45) is 0 Å². The summed E-state index contributed by atoms with van der Waals surface area (Å²) in [4.78, 5) is 11.0. The topological polar surface area (TPSA) is 60.8 Å². The Morgan fingerprint density at radius 2 is 1.94 bits per heavy atom. The number of benzene rings is 1. The Kier molecular flexibility index (Phi) is 2.98. The smallest absolute Gasteiger partial charge is 0.354 e. The van der Waals surface area contributed by atoms with Crippen molar-refractivity contribution in [2.75, 3.05) is 6.54 Å². The zero-order chi connectivity index (χ0) is 11.7. The average Bonchev–Trinajstić information content (AvgIpc) is 2.61. The van der Waals surface area contributed by atoms with E-state index in [2.05, 4.69) is 15.9 Å². The van der Waals surface area contributed by atoms with Gasteiger partial charge < -0.3 is 5.11 Å². The van der Waals surface area contributed by atoms with Crippen LogP contribution in [0.4, 0.5) is 0 Å². The van der Waals surface area contributed by atoms with Crippen molar-refractivity contribution in [3.05, 3.63) is 40.0 Å². The molecule has 0 spiro atoms. The number of rotatable bonds is 2. The monoisotopic (exact) mass is 283 g/mol. The molecule has 84 valence electrons. The maximum atomic E-state index is 11.0. The van der Waals surface area contributed by atoms with Crippen molar-refractivity contribution < 1.29 is 15.1 Å². The molecule has 0 bridgehead atoms. The fraction of sp³-hybridized carbons (Fsp3) is 0.182. The second kappa shape index (κ2) is 4.27. The Bertz CT molecular complexity index is 453. The van der Waals surface area contributed by atoms with Gasteiger partial charge in [-0.2, -0.15) is 0 Å². The third-order valence-corrected chi connectivity index (χ3v) is 3.04. The first-order valence-corrected chi connectivity index (χ1v) is 5.57. The zero-order valence-electron chi connectivity index (χ0n) is 8.35. The lowest BCUT2D eigenvalue weighted by Crippen LogP contribution is -2.20. The molecule has 0 unspecified atom stereocenters. The van der Waals surface area contributed by atoms with Gasteiger partial charge in [0.15, 0.2) is 5.70 Å².